The van der Waals surface area contributed by atoms with E-state index < -0.39 is 6.10 Å². The molecule has 2 atom stereocenters. The van der Waals surface area contributed by atoms with Crippen molar-refractivity contribution in [2.75, 3.05) is 19.7 Å². The third kappa shape index (κ3) is 7.96. The normalized spacial score (nSPS) is 16.4. The van der Waals surface area contributed by atoms with Gasteiger partial charge < -0.3 is 14.7 Å². The molecule has 0 radical (unpaired) electrons. The number of nitrogens with zero attached hydrogens (tertiary/aromatic N) is 2. The number of carbonyl (C=O) groups is 1. The van der Waals surface area contributed by atoms with Crippen molar-refractivity contribution in [1.29, 1.82) is 0 Å². The average molecular weight is 497 g/mol. The van der Waals surface area contributed by atoms with Crippen molar-refractivity contribution >= 4 is 34.9 Å². The van der Waals surface area contributed by atoms with Gasteiger partial charge in [-0.05, 0) is 36.2 Å². The summed E-state index contributed by atoms with van der Waals surface area (Å²) in [6.45, 7) is 2.97. The molecule has 0 saturated heterocycles. The lowest BCUT2D eigenvalue weighted by molar-refractivity contribution is -0.147. The summed E-state index contributed by atoms with van der Waals surface area (Å²) in [5.41, 5.74) is 2.48. The molecule has 33 heavy (non-hydrogen) atoms. The fraction of sp³-hybridized carbons (Fsp3) is 0.417. The molecule has 2 aromatic carbocycles. The quantitative estimate of drug-likeness (QED) is 0.451. The average Bonchev–Trinajstić information content (AvgIpc) is 3.24. The molecule has 1 N–H and O–H groups in total. The third-order valence-electron chi connectivity index (χ3n) is 5.13. The fourth-order valence-electron chi connectivity index (χ4n) is 3.53. The van der Waals surface area contributed by atoms with Crippen LogP contribution in [-0.4, -0.2) is 53.6 Å². The molecule has 0 fully saturated rings. The van der Waals surface area contributed by atoms with Crippen molar-refractivity contribution < 1.29 is 23.9 Å². The maximum absolute atomic E-state index is 13.3. The second-order valence-electron chi connectivity index (χ2n) is 8.01. The van der Waals surface area contributed by atoms with E-state index in [9.17, 15) is 14.3 Å². The first-order chi connectivity index (χ1) is 15.8. The summed E-state index contributed by atoms with van der Waals surface area (Å²) < 4.78 is 18.4. The number of aliphatic hydroxyl groups is 1. The molecule has 6 nitrogen and oxygen atoms in total. The Kier molecular flexibility index (Phi) is 9.50. The first kappa shape index (κ1) is 25.4. The molecule has 9 heteroatoms. The van der Waals surface area contributed by atoms with Crippen molar-refractivity contribution in [3.8, 4) is 0 Å². The number of hydrogen-bond donors (Lipinski definition) is 1. The number of esters is 1. The van der Waals surface area contributed by atoms with Crippen LogP contribution in [0.1, 0.15) is 37.3 Å². The van der Waals surface area contributed by atoms with Crippen molar-refractivity contribution in [3.63, 3.8) is 0 Å². The molecule has 1 heterocycles. The SMILES string of the molecule is CCCC(=O)OCC(O)CN(Cc1ccc(F)cc1)CC1CC(c2ccc(Cl)c(Cl)c2)=NO1. The molecular weight excluding hydrogens is 470 g/mol. The topological polar surface area (TPSA) is 71.4 Å². The molecule has 3 rings (SSSR count). The van der Waals surface area contributed by atoms with Gasteiger partial charge in [0, 0.05) is 38.0 Å². The Balaban J connectivity index is 1.61. The molecule has 1 aliphatic heterocycles. The van der Waals surface area contributed by atoms with Crippen molar-refractivity contribution in [3.05, 3.63) is 69.5 Å². The Morgan fingerprint density at radius 1 is 1.27 bits per heavy atom. The maximum Gasteiger partial charge on any atom is 0.305 e. The second-order valence-corrected chi connectivity index (χ2v) is 8.82. The molecule has 0 spiro atoms. The lowest BCUT2D eigenvalue weighted by atomic mass is 10.0. The predicted octanol–water partition coefficient (Wildman–Crippen LogP) is 4.83. The van der Waals surface area contributed by atoms with Gasteiger partial charge in [0.05, 0.1) is 15.8 Å². The third-order valence-corrected chi connectivity index (χ3v) is 5.87. The number of aliphatic hydroxyl groups excluding tert-OH is 1. The van der Waals surface area contributed by atoms with E-state index in [-0.39, 0.29) is 31.0 Å². The highest BCUT2D eigenvalue weighted by Gasteiger charge is 2.26. The van der Waals surface area contributed by atoms with Gasteiger partial charge in [0.25, 0.3) is 0 Å². The van der Waals surface area contributed by atoms with Crippen molar-refractivity contribution in [2.24, 2.45) is 5.16 Å². The van der Waals surface area contributed by atoms with Gasteiger partial charge >= 0.3 is 5.97 Å². The van der Waals surface area contributed by atoms with Gasteiger partial charge in [0.15, 0.2) is 0 Å². The molecule has 0 bridgehead atoms. The van der Waals surface area contributed by atoms with E-state index in [0.717, 1.165) is 16.8 Å². The standard InChI is InChI=1S/C24H27Cl2FN2O4/c1-2-3-24(31)32-15-19(30)13-29(12-16-4-7-18(27)8-5-16)14-20-11-23(28-33-20)17-6-9-21(25)22(26)10-17/h4-10,19-20,30H,2-3,11-15H2,1H3. The van der Waals surface area contributed by atoms with Gasteiger partial charge in [-0.1, -0.05) is 53.5 Å². The van der Waals surface area contributed by atoms with Gasteiger partial charge in [-0.2, -0.15) is 0 Å². The number of benzene rings is 2. The van der Waals surface area contributed by atoms with Gasteiger partial charge in [-0.15, -0.1) is 0 Å². The monoisotopic (exact) mass is 496 g/mol. The van der Waals surface area contributed by atoms with Crippen LogP contribution < -0.4 is 0 Å². The van der Waals surface area contributed by atoms with Crippen LogP contribution in [0.2, 0.25) is 10.0 Å². The lowest BCUT2D eigenvalue weighted by Crippen LogP contribution is -2.39. The summed E-state index contributed by atoms with van der Waals surface area (Å²) >= 11 is 12.1. The zero-order valence-corrected chi connectivity index (χ0v) is 19.9. The smallest absolute Gasteiger partial charge is 0.305 e. The number of ether oxygens (including phenoxy) is 1. The highest BCUT2D eigenvalue weighted by molar-refractivity contribution is 6.42. The molecule has 0 aliphatic carbocycles. The summed E-state index contributed by atoms with van der Waals surface area (Å²) in [5, 5.41) is 15.6. The first-order valence-electron chi connectivity index (χ1n) is 10.8. The van der Waals surface area contributed by atoms with E-state index in [2.05, 4.69) is 5.16 Å². The van der Waals surface area contributed by atoms with E-state index in [1.54, 1.807) is 24.3 Å². The van der Waals surface area contributed by atoms with Crippen LogP contribution in [0.15, 0.2) is 47.6 Å². The zero-order valence-electron chi connectivity index (χ0n) is 18.3. The number of oxime groups is 1. The Morgan fingerprint density at radius 2 is 2.03 bits per heavy atom. The molecule has 1 aliphatic rings. The summed E-state index contributed by atoms with van der Waals surface area (Å²) in [6.07, 6.45) is 0.440. The Bertz CT molecular complexity index is 971. The number of rotatable bonds is 11. The van der Waals surface area contributed by atoms with Crippen LogP contribution in [0.5, 0.6) is 0 Å². The number of halogens is 3. The largest absolute Gasteiger partial charge is 0.463 e. The van der Waals surface area contributed by atoms with Crippen LogP contribution in [0.3, 0.4) is 0 Å². The zero-order chi connectivity index (χ0) is 23.8. The molecule has 0 amide bonds. The van der Waals surface area contributed by atoms with Crippen molar-refractivity contribution in [2.45, 2.75) is 44.9 Å². The minimum absolute atomic E-state index is 0.0880. The molecule has 2 unspecified atom stereocenters. The van der Waals surface area contributed by atoms with Gasteiger partial charge in [0.1, 0.15) is 24.6 Å². The fourth-order valence-corrected chi connectivity index (χ4v) is 3.83. The predicted molar refractivity (Wildman–Crippen MR) is 126 cm³/mol. The highest BCUT2D eigenvalue weighted by Crippen LogP contribution is 2.26. The van der Waals surface area contributed by atoms with Gasteiger partial charge in [-0.25, -0.2) is 4.39 Å². The Morgan fingerprint density at radius 3 is 2.73 bits per heavy atom. The van der Waals surface area contributed by atoms with Gasteiger partial charge in [-0.3, -0.25) is 9.69 Å². The molecular formula is C24H27Cl2FN2O4. The maximum atomic E-state index is 13.3. The summed E-state index contributed by atoms with van der Waals surface area (Å²) in [5.74, 6) is -0.646. The van der Waals surface area contributed by atoms with E-state index in [0.29, 0.717) is 42.4 Å². The summed E-state index contributed by atoms with van der Waals surface area (Å²) in [6, 6.07) is 11.5. The van der Waals surface area contributed by atoms with Crippen LogP contribution in [0, 0.1) is 5.82 Å². The van der Waals surface area contributed by atoms with E-state index in [4.69, 9.17) is 32.8 Å². The Hall–Kier alpha value is -2.19. The minimum Gasteiger partial charge on any atom is -0.463 e. The first-order valence-corrected chi connectivity index (χ1v) is 11.6. The molecule has 0 saturated carbocycles. The number of carbonyl (C=O) groups excluding carboxylic acids is 1. The summed E-state index contributed by atoms with van der Waals surface area (Å²) in [7, 11) is 0. The van der Waals surface area contributed by atoms with Crippen LogP contribution >= 0.6 is 23.2 Å². The molecule has 0 aromatic heterocycles. The highest BCUT2D eigenvalue weighted by atomic mass is 35.5. The van der Waals surface area contributed by atoms with E-state index in [1.807, 2.05) is 17.9 Å². The van der Waals surface area contributed by atoms with E-state index >= 15 is 0 Å². The van der Waals surface area contributed by atoms with Crippen molar-refractivity contribution in [1.82, 2.24) is 4.90 Å². The lowest BCUT2D eigenvalue weighted by Gasteiger charge is -2.27. The Labute approximate surface area is 202 Å². The van der Waals surface area contributed by atoms with Crippen LogP contribution in [-0.2, 0) is 20.9 Å². The molecule has 2 aromatic rings. The van der Waals surface area contributed by atoms with Crippen LogP contribution in [0.25, 0.3) is 0 Å². The molecule has 178 valence electrons. The van der Waals surface area contributed by atoms with Gasteiger partial charge in [0.2, 0.25) is 0 Å². The van der Waals surface area contributed by atoms with E-state index in [1.165, 1.54) is 12.1 Å². The summed E-state index contributed by atoms with van der Waals surface area (Å²) in [4.78, 5) is 19.2. The van der Waals surface area contributed by atoms with Crippen LogP contribution in [0.4, 0.5) is 4.39 Å². The minimum atomic E-state index is -0.872. The second kappa shape index (κ2) is 12.3. The number of hydrogen-bond acceptors (Lipinski definition) is 6.